The number of fused-ring (bicyclic) bond motifs is 6. The lowest BCUT2D eigenvalue weighted by molar-refractivity contribution is 0.669. The minimum atomic E-state index is 0.603. The maximum absolute atomic E-state index is 6.26. The molecule has 2 aromatic heterocycles. The highest BCUT2D eigenvalue weighted by Crippen LogP contribution is 2.38. The molecule has 0 spiro atoms. The molecule has 0 radical (unpaired) electrons. The number of nitrogens with zero attached hydrogens (tertiary/aromatic N) is 3. The van der Waals surface area contributed by atoms with Crippen LogP contribution in [0.1, 0.15) is 0 Å². The molecule has 10 rings (SSSR count). The van der Waals surface area contributed by atoms with Crippen molar-refractivity contribution in [3.63, 3.8) is 0 Å². The Morgan fingerprint density at radius 1 is 0.327 bits per heavy atom. The summed E-state index contributed by atoms with van der Waals surface area (Å²) in [6, 6.07) is 57.1. The molecule has 49 heavy (non-hydrogen) atoms. The number of hydrogen-bond donors (Lipinski definition) is 0. The van der Waals surface area contributed by atoms with Gasteiger partial charge in [0.2, 0.25) is 0 Å². The Kier molecular flexibility index (Phi) is 6.15. The van der Waals surface area contributed by atoms with E-state index in [2.05, 4.69) is 133 Å². The molecule has 0 aliphatic carbocycles. The number of benzene rings is 8. The van der Waals surface area contributed by atoms with Gasteiger partial charge in [-0.2, -0.15) is 0 Å². The second kappa shape index (κ2) is 11.0. The lowest BCUT2D eigenvalue weighted by Crippen LogP contribution is -2.01. The summed E-state index contributed by atoms with van der Waals surface area (Å²) in [5.74, 6) is 1.84. The monoisotopic (exact) mass is 625 g/mol. The zero-order valence-corrected chi connectivity index (χ0v) is 26.3. The fraction of sp³-hybridized carbons (Fsp3) is 0. The van der Waals surface area contributed by atoms with Gasteiger partial charge in [0.25, 0.3) is 0 Å². The summed E-state index contributed by atoms with van der Waals surface area (Å²) in [7, 11) is 0. The van der Waals surface area contributed by atoms with Crippen LogP contribution in [0.4, 0.5) is 0 Å². The third-order valence-electron chi connectivity index (χ3n) is 9.47. The molecule has 4 heteroatoms. The summed E-state index contributed by atoms with van der Waals surface area (Å²) in [5, 5.41) is 9.06. The summed E-state index contributed by atoms with van der Waals surface area (Å²) < 4.78 is 6.26. The zero-order valence-electron chi connectivity index (χ0n) is 26.3. The Morgan fingerprint density at radius 3 is 1.65 bits per heavy atom. The van der Waals surface area contributed by atoms with Crippen molar-refractivity contribution in [1.29, 1.82) is 0 Å². The van der Waals surface area contributed by atoms with E-state index in [1.807, 2.05) is 30.3 Å². The van der Waals surface area contributed by atoms with Crippen LogP contribution in [0.2, 0.25) is 0 Å². The Bertz CT molecular complexity index is 2900. The number of rotatable bonds is 4. The minimum Gasteiger partial charge on any atom is -0.456 e. The molecule has 0 saturated carbocycles. The van der Waals surface area contributed by atoms with Gasteiger partial charge in [-0.15, -0.1) is 0 Å². The largest absolute Gasteiger partial charge is 0.456 e. The molecule has 0 saturated heterocycles. The van der Waals surface area contributed by atoms with Gasteiger partial charge in [0.15, 0.2) is 17.5 Å². The van der Waals surface area contributed by atoms with Crippen LogP contribution in [0, 0.1) is 0 Å². The van der Waals surface area contributed by atoms with E-state index in [-0.39, 0.29) is 0 Å². The number of hydrogen-bond acceptors (Lipinski definition) is 4. The van der Waals surface area contributed by atoms with Crippen LogP contribution in [0.5, 0.6) is 0 Å². The van der Waals surface area contributed by atoms with Crippen molar-refractivity contribution < 1.29 is 4.42 Å². The summed E-state index contributed by atoms with van der Waals surface area (Å²) >= 11 is 0. The van der Waals surface area contributed by atoms with E-state index < -0.39 is 0 Å². The maximum Gasteiger partial charge on any atom is 0.164 e. The normalized spacial score (nSPS) is 11.7. The summed E-state index contributed by atoms with van der Waals surface area (Å²) in [4.78, 5) is 15.6. The van der Waals surface area contributed by atoms with E-state index in [1.54, 1.807) is 0 Å². The quantitative estimate of drug-likeness (QED) is 0.195. The van der Waals surface area contributed by atoms with Gasteiger partial charge in [-0.05, 0) is 79.8 Å². The highest BCUT2D eigenvalue weighted by Gasteiger charge is 2.19. The second-order valence-electron chi connectivity index (χ2n) is 12.5. The molecule has 0 amide bonds. The molecule has 228 valence electrons. The first-order chi connectivity index (χ1) is 24.2. The first kappa shape index (κ1) is 27.5. The van der Waals surface area contributed by atoms with E-state index in [0.717, 1.165) is 60.5 Å². The highest BCUT2D eigenvalue weighted by atomic mass is 16.3. The molecule has 0 atom stereocenters. The van der Waals surface area contributed by atoms with Crippen LogP contribution in [0.3, 0.4) is 0 Å². The van der Waals surface area contributed by atoms with Gasteiger partial charge in [-0.25, -0.2) is 15.0 Å². The van der Waals surface area contributed by atoms with Crippen LogP contribution in [0.25, 0.3) is 99.5 Å². The van der Waals surface area contributed by atoms with Crippen molar-refractivity contribution in [3.05, 3.63) is 164 Å². The van der Waals surface area contributed by atoms with Crippen molar-refractivity contribution >= 4 is 54.3 Å². The second-order valence-corrected chi connectivity index (χ2v) is 12.5. The summed E-state index contributed by atoms with van der Waals surface area (Å²) in [6.07, 6.45) is 0. The van der Waals surface area contributed by atoms with Crippen LogP contribution in [-0.2, 0) is 0 Å². The smallest absolute Gasteiger partial charge is 0.164 e. The van der Waals surface area contributed by atoms with Crippen LogP contribution in [0.15, 0.2) is 168 Å². The summed E-state index contributed by atoms with van der Waals surface area (Å²) in [5.41, 5.74) is 6.69. The number of para-hydroxylation sites is 1. The first-order valence-electron chi connectivity index (χ1n) is 16.4. The van der Waals surface area contributed by atoms with Crippen LogP contribution < -0.4 is 0 Å². The van der Waals surface area contributed by atoms with Gasteiger partial charge in [0.05, 0.1) is 0 Å². The van der Waals surface area contributed by atoms with Crippen molar-refractivity contribution in [3.8, 4) is 45.3 Å². The van der Waals surface area contributed by atoms with Crippen LogP contribution in [-0.4, -0.2) is 15.0 Å². The van der Waals surface area contributed by atoms with E-state index in [4.69, 9.17) is 19.4 Å². The van der Waals surface area contributed by atoms with E-state index in [1.165, 1.54) is 21.5 Å². The third-order valence-corrected chi connectivity index (χ3v) is 9.47. The molecular weight excluding hydrogens is 599 g/mol. The predicted octanol–water partition coefficient (Wildman–Crippen LogP) is 11.9. The van der Waals surface area contributed by atoms with Crippen molar-refractivity contribution in [2.24, 2.45) is 0 Å². The average molecular weight is 626 g/mol. The molecule has 0 N–H and O–H groups in total. The summed E-state index contributed by atoms with van der Waals surface area (Å²) in [6.45, 7) is 0. The van der Waals surface area contributed by atoms with Crippen LogP contribution >= 0.6 is 0 Å². The zero-order chi connectivity index (χ0) is 32.3. The molecule has 0 unspecified atom stereocenters. The number of aromatic nitrogens is 3. The van der Waals surface area contributed by atoms with Gasteiger partial charge >= 0.3 is 0 Å². The molecule has 0 bridgehead atoms. The Balaban J connectivity index is 1.24. The van der Waals surface area contributed by atoms with Gasteiger partial charge in [0, 0.05) is 27.5 Å². The maximum atomic E-state index is 6.26. The molecule has 0 aliphatic heterocycles. The van der Waals surface area contributed by atoms with Crippen molar-refractivity contribution in [2.45, 2.75) is 0 Å². The minimum absolute atomic E-state index is 0.603. The van der Waals surface area contributed by atoms with Gasteiger partial charge in [-0.1, -0.05) is 127 Å². The molecule has 0 fully saturated rings. The van der Waals surface area contributed by atoms with Gasteiger partial charge in [-0.3, -0.25) is 0 Å². The Morgan fingerprint density at radius 2 is 0.878 bits per heavy atom. The van der Waals surface area contributed by atoms with Crippen molar-refractivity contribution in [1.82, 2.24) is 15.0 Å². The lowest BCUT2D eigenvalue weighted by atomic mass is 9.94. The molecule has 0 aliphatic rings. The first-order valence-corrected chi connectivity index (χ1v) is 16.4. The fourth-order valence-corrected chi connectivity index (χ4v) is 7.08. The van der Waals surface area contributed by atoms with Gasteiger partial charge < -0.3 is 4.42 Å². The van der Waals surface area contributed by atoms with E-state index in [0.29, 0.717) is 17.5 Å². The SMILES string of the molecule is c1ccc2cc(-c3nc(-c4cc(-c5ccc6ccccc6c5)c5ccccc5c4)nc(-c4cccc5oc6ccccc6c45)n3)ccc2c1. The molecule has 10 aromatic rings. The molecule has 2 heterocycles. The number of furan rings is 1. The standard InChI is InChI=1S/C45H27N3O/c1-3-12-30-24-33(22-20-28(30)10-1)39-27-35(26-32-14-5-6-15-36(32)39)44-46-43(34-23-21-29-11-2-4-13-31(29)25-34)47-45(48-44)38-17-9-19-41-42(38)37-16-7-8-18-40(37)49-41/h1-27H. The molecule has 8 aromatic carbocycles. The average Bonchev–Trinajstić information content (AvgIpc) is 3.56. The predicted molar refractivity (Wildman–Crippen MR) is 201 cm³/mol. The molecular formula is C45H27N3O. The Hall–Kier alpha value is -6.65. The van der Waals surface area contributed by atoms with E-state index >= 15 is 0 Å². The lowest BCUT2D eigenvalue weighted by Gasteiger charge is -2.13. The topological polar surface area (TPSA) is 51.8 Å². The van der Waals surface area contributed by atoms with Gasteiger partial charge in [0.1, 0.15) is 11.2 Å². The van der Waals surface area contributed by atoms with Crippen molar-refractivity contribution in [2.75, 3.05) is 0 Å². The third kappa shape index (κ3) is 4.65. The van der Waals surface area contributed by atoms with E-state index in [9.17, 15) is 0 Å². The fourth-order valence-electron chi connectivity index (χ4n) is 7.08. The molecule has 4 nitrogen and oxygen atoms in total. The highest BCUT2D eigenvalue weighted by molar-refractivity contribution is 6.12. The Labute approximate surface area is 282 Å².